The summed E-state index contributed by atoms with van der Waals surface area (Å²) >= 11 is -4.92. The van der Waals surface area contributed by atoms with Gasteiger partial charge in [0.05, 0.1) is 0 Å². The summed E-state index contributed by atoms with van der Waals surface area (Å²) in [5.74, 6) is -1.67. The van der Waals surface area contributed by atoms with Crippen molar-refractivity contribution in [1.82, 2.24) is 0 Å². The van der Waals surface area contributed by atoms with Crippen LogP contribution >= 0.6 is 17.0 Å². The Morgan fingerprint density at radius 3 is 1.17 bits per heavy atom. The summed E-state index contributed by atoms with van der Waals surface area (Å²) in [6, 6.07) is 24.0. The standard InChI is InChI=1S/2C23H27.C2H7Si.2ClH.Zr/c2*1-5-7-18-14-20-10-9-19(8-6-2)23(22(20)15-18)21-12-16(3)11-17(4)13-21;1-3-2;;;/h2*9-15H,5-8H2,1-4H3;3H,1-2H3;2*1H;/q;;;;;+2/p-2. The van der Waals surface area contributed by atoms with E-state index in [-0.39, 0.29) is 7.25 Å². The number of allylic oxidation sites excluding steroid dienone is 2. The van der Waals surface area contributed by atoms with Crippen molar-refractivity contribution in [3.05, 3.63) is 127 Å². The van der Waals surface area contributed by atoms with Gasteiger partial charge < -0.3 is 0 Å². The fraction of sp³-hybridized carbons (Fsp3) is 0.417. The molecule has 0 N–H and O–H groups in total. The zero-order valence-corrected chi connectivity index (χ0v) is 38.7. The second-order valence-corrected chi connectivity index (χ2v) is 59.1. The van der Waals surface area contributed by atoms with Gasteiger partial charge in [-0.3, -0.25) is 0 Å². The van der Waals surface area contributed by atoms with Gasteiger partial charge in [0.15, 0.2) is 0 Å². The van der Waals surface area contributed by atoms with Crippen LogP contribution in [0.15, 0.2) is 71.8 Å². The van der Waals surface area contributed by atoms with Crippen molar-refractivity contribution in [2.75, 3.05) is 0 Å². The van der Waals surface area contributed by atoms with Gasteiger partial charge in [0.1, 0.15) is 0 Å². The van der Waals surface area contributed by atoms with Crippen molar-refractivity contribution < 1.29 is 15.6 Å². The van der Waals surface area contributed by atoms with E-state index in [1.54, 1.807) is 0 Å². The molecule has 2 unspecified atom stereocenters. The molecule has 6 rings (SSSR count). The van der Waals surface area contributed by atoms with Crippen molar-refractivity contribution in [2.24, 2.45) is 0 Å². The first-order chi connectivity index (χ1) is 24.8. The Hall–Kier alpha value is -1.96. The molecule has 0 fully saturated rings. The number of halogens is 2. The van der Waals surface area contributed by atoms with E-state index in [0.29, 0.717) is 0 Å². The number of benzene rings is 4. The van der Waals surface area contributed by atoms with Crippen LogP contribution in [0.3, 0.4) is 0 Å². The minimum absolute atomic E-state index is 0.114. The fourth-order valence-electron chi connectivity index (χ4n) is 10.1. The molecule has 4 aromatic rings. The Bertz CT molecular complexity index is 1880. The van der Waals surface area contributed by atoms with E-state index in [4.69, 9.17) is 17.0 Å². The van der Waals surface area contributed by atoms with Crippen molar-refractivity contribution in [3.8, 4) is 22.3 Å². The Kier molecular flexibility index (Phi) is 12.0. The molecule has 0 heterocycles. The van der Waals surface area contributed by atoms with E-state index >= 15 is 0 Å². The van der Waals surface area contributed by atoms with E-state index in [1.165, 1.54) is 89.0 Å². The third-order valence-electron chi connectivity index (χ3n) is 12.1. The maximum atomic E-state index is 8.91. The predicted molar refractivity (Wildman–Crippen MR) is 233 cm³/mol. The molecule has 2 aliphatic carbocycles. The van der Waals surface area contributed by atoms with Gasteiger partial charge in [-0.1, -0.05) is 0 Å². The van der Waals surface area contributed by atoms with E-state index in [9.17, 15) is 0 Å². The average molecular weight is 828 g/mol. The summed E-state index contributed by atoms with van der Waals surface area (Å²) < 4.78 is 0.228. The molecule has 2 atom stereocenters. The van der Waals surface area contributed by atoms with Gasteiger partial charge in [-0.15, -0.1) is 0 Å². The molecule has 0 aromatic heterocycles. The molecular weight excluding hydrogens is 767 g/mol. The number of hydrogen-bond donors (Lipinski definition) is 0. The SMILES string of the molecule is CCCC1=Cc2c(ccc(CCC)c2-c2cc(C)cc(C)c2)[CH]1[Zr]([Cl])([Cl])([CH]1C(CCC)=Cc2c1ccc(CCC)c2-c1cc(C)cc(C)c1)[SiH](C)C. The van der Waals surface area contributed by atoms with Gasteiger partial charge in [0.25, 0.3) is 0 Å². The summed E-state index contributed by atoms with van der Waals surface area (Å²) in [6.45, 7) is 23.2. The second-order valence-electron chi connectivity index (χ2n) is 16.6. The molecule has 2 aliphatic rings. The normalized spacial score (nSPS) is 17.5. The van der Waals surface area contributed by atoms with Crippen molar-refractivity contribution in [2.45, 2.75) is 127 Å². The first kappa shape index (κ1) is 39.7. The maximum absolute atomic E-state index is 8.91. The van der Waals surface area contributed by atoms with Crippen LogP contribution in [0.4, 0.5) is 0 Å². The van der Waals surface area contributed by atoms with E-state index in [2.05, 4.69) is 141 Å². The Morgan fingerprint density at radius 2 is 0.865 bits per heavy atom. The third kappa shape index (κ3) is 6.91. The Labute approximate surface area is 324 Å². The fourth-order valence-corrected chi connectivity index (χ4v) is 41.6. The summed E-state index contributed by atoms with van der Waals surface area (Å²) in [6.07, 6.45) is 13.8. The number of hydrogen-bond acceptors (Lipinski definition) is 0. The van der Waals surface area contributed by atoms with Crippen molar-refractivity contribution in [1.29, 1.82) is 0 Å². The summed E-state index contributed by atoms with van der Waals surface area (Å²) in [5.41, 5.74) is 22.3. The van der Waals surface area contributed by atoms with Crippen LogP contribution < -0.4 is 0 Å². The molecule has 52 heavy (non-hydrogen) atoms. The molecule has 275 valence electrons. The minimum atomic E-state index is -4.92. The number of rotatable bonds is 13. The summed E-state index contributed by atoms with van der Waals surface area (Å²) in [4.78, 5) is 0. The molecule has 4 aromatic carbocycles. The van der Waals surface area contributed by atoms with Crippen LogP contribution in [0.5, 0.6) is 0 Å². The Balaban J connectivity index is 1.66. The van der Waals surface area contributed by atoms with Crippen LogP contribution in [0, 0.1) is 27.7 Å². The van der Waals surface area contributed by atoms with Crippen LogP contribution in [-0.4, -0.2) is 5.92 Å². The van der Waals surface area contributed by atoms with Gasteiger partial charge in [0.2, 0.25) is 0 Å². The molecule has 0 bridgehead atoms. The van der Waals surface area contributed by atoms with E-state index in [1.807, 2.05) is 0 Å². The van der Waals surface area contributed by atoms with E-state index in [0.717, 1.165) is 51.4 Å². The summed E-state index contributed by atoms with van der Waals surface area (Å²) in [5, 5.41) is 0. The Morgan fingerprint density at radius 1 is 0.519 bits per heavy atom. The van der Waals surface area contributed by atoms with Crippen LogP contribution in [0.25, 0.3) is 34.4 Å². The van der Waals surface area contributed by atoms with Gasteiger partial charge in [-0.2, -0.15) is 0 Å². The van der Waals surface area contributed by atoms with Gasteiger partial charge in [0, 0.05) is 0 Å². The molecular formula is C48H61Cl2SiZr. The van der Waals surface area contributed by atoms with E-state index < -0.39 is 21.5 Å². The second kappa shape index (κ2) is 15.6. The topological polar surface area (TPSA) is 0 Å². The molecule has 0 nitrogen and oxygen atoms in total. The van der Waals surface area contributed by atoms with Crippen LogP contribution in [0.2, 0.25) is 13.1 Å². The number of aryl methyl sites for hydroxylation is 6. The van der Waals surface area contributed by atoms with Crippen LogP contribution in [0.1, 0.15) is 129 Å². The van der Waals surface area contributed by atoms with Gasteiger partial charge in [-0.05, 0) is 0 Å². The first-order valence-electron chi connectivity index (χ1n) is 20.2. The molecule has 0 spiro atoms. The molecule has 0 aliphatic heterocycles. The predicted octanol–water partition coefficient (Wildman–Crippen LogP) is 15.3. The zero-order chi connectivity index (χ0) is 37.6. The zero-order valence-electron chi connectivity index (χ0n) is 33.6. The van der Waals surface area contributed by atoms with Crippen LogP contribution in [-0.2, 0) is 28.4 Å². The summed E-state index contributed by atoms with van der Waals surface area (Å²) in [7, 11) is 17.8. The quantitative estimate of drug-likeness (QED) is 0.118. The van der Waals surface area contributed by atoms with Gasteiger partial charge in [-0.25, -0.2) is 0 Å². The van der Waals surface area contributed by atoms with Gasteiger partial charge >= 0.3 is 327 Å². The third-order valence-corrected chi connectivity index (χ3v) is 63.9. The molecule has 4 heteroatoms. The first-order valence-corrected chi connectivity index (χ1v) is 36.5. The number of fused-ring (bicyclic) bond motifs is 2. The molecule has 0 saturated heterocycles. The molecule has 0 saturated carbocycles. The molecule has 0 radical (unpaired) electrons. The van der Waals surface area contributed by atoms with Crippen molar-refractivity contribution >= 4 is 35.1 Å². The average Bonchev–Trinajstić information content (AvgIpc) is 3.63. The monoisotopic (exact) mass is 825 g/mol. The van der Waals surface area contributed by atoms with Crippen molar-refractivity contribution in [3.63, 3.8) is 0 Å². The molecule has 0 amide bonds.